The minimum absolute atomic E-state index is 0.211. The molecule has 0 aliphatic rings. The van der Waals surface area contributed by atoms with Crippen LogP contribution in [0.2, 0.25) is 5.02 Å². The highest BCUT2D eigenvalue weighted by Crippen LogP contribution is 2.27. The third-order valence-electron chi connectivity index (χ3n) is 2.80. The van der Waals surface area contributed by atoms with Crippen LogP contribution in [0.3, 0.4) is 0 Å². The van der Waals surface area contributed by atoms with Crippen molar-refractivity contribution < 1.29 is 0 Å². The van der Waals surface area contributed by atoms with E-state index >= 15 is 0 Å². The fourth-order valence-corrected chi connectivity index (χ4v) is 2.18. The Morgan fingerprint density at radius 1 is 1.33 bits per heavy atom. The van der Waals surface area contributed by atoms with E-state index in [2.05, 4.69) is 10.1 Å². The molecule has 0 aliphatic heterocycles. The summed E-state index contributed by atoms with van der Waals surface area (Å²) in [6.07, 6.45) is 1.63. The zero-order valence-corrected chi connectivity index (χ0v) is 11.5. The summed E-state index contributed by atoms with van der Waals surface area (Å²) in [7, 11) is 0. The van der Waals surface area contributed by atoms with Crippen LogP contribution in [0, 0.1) is 6.92 Å². The normalized spacial score (nSPS) is 13.0. The summed E-state index contributed by atoms with van der Waals surface area (Å²) in [6.45, 7) is 6.03. The monoisotopic (exact) mass is 264 g/mol. The molecule has 2 aromatic rings. The number of nitrogens with two attached hydrogens (primary N) is 1. The molecule has 2 N–H and O–H groups in total. The summed E-state index contributed by atoms with van der Waals surface area (Å²) >= 11 is 6.18. The Bertz CT molecular complexity index is 548. The molecular formula is C13H17ClN4. The van der Waals surface area contributed by atoms with E-state index in [0.29, 0.717) is 5.02 Å². The van der Waals surface area contributed by atoms with Crippen molar-refractivity contribution in [3.8, 4) is 0 Å². The first-order valence-corrected chi connectivity index (χ1v) is 6.30. The van der Waals surface area contributed by atoms with Crippen molar-refractivity contribution in [1.82, 2.24) is 14.8 Å². The van der Waals surface area contributed by atoms with Gasteiger partial charge in [-0.25, -0.2) is 0 Å². The Morgan fingerprint density at radius 3 is 2.67 bits per heavy atom. The van der Waals surface area contributed by atoms with Gasteiger partial charge in [-0.05, 0) is 32.9 Å². The lowest BCUT2D eigenvalue weighted by Crippen LogP contribution is -2.20. The first-order chi connectivity index (χ1) is 8.50. The molecule has 0 radical (unpaired) electrons. The first-order valence-electron chi connectivity index (χ1n) is 5.92. The van der Waals surface area contributed by atoms with E-state index in [4.69, 9.17) is 17.3 Å². The van der Waals surface area contributed by atoms with Crippen molar-refractivity contribution in [2.45, 2.75) is 32.9 Å². The second-order valence-corrected chi connectivity index (χ2v) is 5.00. The quantitative estimate of drug-likeness (QED) is 0.927. The average molecular weight is 265 g/mol. The van der Waals surface area contributed by atoms with Crippen molar-refractivity contribution >= 4 is 11.6 Å². The molecule has 18 heavy (non-hydrogen) atoms. The standard InChI is InChI=1S/C13H17ClN4/c1-8(2)18-13(10(14)7-16-18)12(15)11-6-4-5-9(3)17-11/h4-8,12H,15H2,1-3H3. The highest BCUT2D eigenvalue weighted by atomic mass is 35.5. The predicted molar refractivity (Wildman–Crippen MR) is 72.6 cm³/mol. The zero-order chi connectivity index (χ0) is 13.3. The molecule has 1 unspecified atom stereocenters. The molecular weight excluding hydrogens is 248 g/mol. The van der Waals surface area contributed by atoms with Gasteiger partial charge in [0.05, 0.1) is 28.6 Å². The summed E-state index contributed by atoms with van der Waals surface area (Å²) in [5.41, 5.74) is 8.82. The van der Waals surface area contributed by atoms with Crippen LogP contribution in [-0.2, 0) is 0 Å². The lowest BCUT2D eigenvalue weighted by atomic mass is 10.1. The molecule has 1 atom stereocenters. The van der Waals surface area contributed by atoms with Crippen LogP contribution in [0.1, 0.15) is 43.0 Å². The van der Waals surface area contributed by atoms with Crippen molar-refractivity contribution in [3.05, 3.63) is 46.5 Å². The van der Waals surface area contributed by atoms with E-state index in [0.717, 1.165) is 17.1 Å². The largest absolute Gasteiger partial charge is 0.318 e. The highest BCUT2D eigenvalue weighted by molar-refractivity contribution is 6.31. The topological polar surface area (TPSA) is 56.7 Å². The summed E-state index contributed by atoms with van der Waals surface area (Å²) in [4.78, 5) is 4.45. The number of rotatable bonds is 3. The number of hydrogen-bond acceptors (Lipinski definition) is 3. The molecule has 96 valence electrons. The summed E-state index contributed by atoms with van der Waals surface area (Å²) in [5, 5.41) is 4.84. The van der Waals surface area contributed by atoms with Gasteiger partial charge in [-0.2, -0.15) is 5.10 Å². The highest BCUT2D eigenvalue weighted by Gasteiger charge is 2.20. The van der Waals surface area contributed by atoms with E-state index in [1.807, 2.05) is 43.7 Å². The Kier molecular flexibility index (Phi) is 3.68. The first kappa shape index (κ1) is 13.1. The van der Waals surface area contributed by atoms with E-state index in [1.165, 1.54) is 0 Å². The average Bonchev–Trinajstić information content (AvgIpc) is 2.70. The molecule has 0 aliphatic carbocycles. The summed E-state index contributed by atoms with van der Waals surface area (Å²) in [6, 6.07) is 5.65. The number of nitrogens with zero attached hydrogens (tertiary/aromatic N) is 3. The van der Waals surface area contributed by atoms with Gasteiger partial charge in [0.1, 0.15) is 0 Å². The lowest BCUT2D eigenvalue weighted by molar-refractivity contribution is 0.497. The Morgan fingerprint density at radius 2 is 2.06 bits per heavy atom. The predicted octanol–water partition coefficient (Wildman–Crippen LogP) is 2.87. The van der Waals surface area contributed by atoms with Crippen LogP contribution in [-0.4, -0.2) is 14.8 Å². The number of halogens is 1. The number of pyridine rings is 1. The molecule has 2 rings (SSSR count). The van der Waals surface area contributed by atoms with Crippen molar-refractivity contribution in [2.75, 3.05) is 0 Å². The number of aromatic nitrogens is 3. The van der Waals surface area contributed by atoms with Crippen LogP contribution in [0.25, 0.3) is 0 Å². The van der Waals surface area contributed by atoms with Gasteiger partial charge in [0.25, 0.3) is 0 Å². The SMILES string of the molecule is Cc1cccc(C(N)c2c(Cl)cnn2C(C)C)n1. The van der Waals surface area contributed by atoms with Crippen LogP contribution >= 0.6 is 11.6 Å². The molecule has 0 amide bonds. The Labute approximate surface area is 112 Å². The van der Waals surface area contributed by atoms with E-state index in [1.54, 1.807) is 6.20 Å². The van der Waals surface area contributed by atoms with Gasteiger partial charge in [-0.1, -0.05) is 17.7 Å². The molecule has 4 nitrogen and oxygen atoms in total. The third kappa shape index (κ3) is 2.40. The van der Waals surface area contributed by atoms with Crippen LogP contribution < -0.4 is 5.73 Å². The molecule has 2 aromatic heterocycles. The smallest absolute Gasteiger partial charge is 0.0912 e. The van der Waals surface area contributed by atoms with Crippen LogP contribution in [0.4, 0.5) is 0 Å². The van der Waals surface area contributed by atoms with E-state index in [9.17, 15) is 0 Å². The second-order valence-electron chi connectivity index (χ2n) is 4.60. The summed E-state index contributed by atoms with van der Waals surface area (Å²) in [5.74, 6) is 0. The molecule has 5 heteroatoms. The lowest BCUT2D eigenvalue weighted by Gasteiger charge is -2.17. The number of aryl methyl sites for hydroxylation is 1. The van der Waals surface area contributed by atoms with E-state index < -0.39 is 0 Å². The van der Waals surface area contributed by atoms with Gasteiger partial charge in [-0.3, -0.25) is 9.67 Å². The zero-order valence-electron chi connectivity index (χ0n) is 10.8. The van der Waals surface area contributed by atoms with Gasteiger partial charge in [0, 0.05) is 11.7 Å². The maximum atomic E-state index is 6.26. The van der Waals surface area contributed by atoms with Crippen LogP contribution in [0.5, 0.6) is 0 Å². The molecule has 0 fully saturated rings. The summed E-state index contributed by atoms with van der Waals surface area (Å²) < 4.78 is 1.84. The van der Waals surface area contributed by atoms with Crippen molar-refractivity contribution in [2.24, 2.45) is 5.73 Å². The van der Waals surface area contributed by atoms with Gasteiger partial charge < -0.3 is 5.73 Å². The third-order valence-corrected chi connectivity index (χ3v) is 3.09. The van der Waals surface area contributed by atoms with Gasteiger partial charge in [0.2, 0.25) is 0 Å². The maximum Gasteiger partial charge on any atom is 0.0912 e. The molecule has 0 saturated heterocycles. The molecule has 0 spiro atoms. The fraction of sp³-hybridized carbons (Fsp3) is 0.385. The number of hydrogen-bond donors (Lipinski definition) is 1. The molecule has 0 saturated carbocycles. The van der Waals surface area contributed by atoms with E-state index in [-0.39, 0.29) is 12.1 Å². The second kappa shape index (κ2) is 5.08. The molecule has 0 bridgehead atoms. The van der Waals surface area contributed by atoms with Gasteiger partial charge >= 0.3 is 0 Å². The van der Waals surface area contributed by atoms with Crippen LogP contribution in [0.15, 0.2) is 24.4 Å². The molecule has 2 heterocycles. The molecule has 0 aromatic carbocycles. The van der Waals surface area contributed by atoms with Gasteiger partial charge in [-0.15, -0.1) is 0 Å². The fourth-order valence-electron chi connectivity index (χ4n) is 1.93. The van der Waals surface area contributed by atoms with Gasteiger partial charge in [0.15, 0.2) is 0 Å². The minimum atomic E-state index is -0.359. The maximum absolute atomic E-state index is 6.26. The Balaban J connectivity index is 2.45. The van der Waals surface area contributed by atoms with Crippen molar-refractivity contribution in [1.29, 1.82) is 0 Å². The minimum Gasteiger partial charge on any atom is -0.318 e. The Hall–Kier alpha value is -1.39. The van der Waals surface area contributed by atoms with Crippen molar-refractivity contribution in [3.63, 3.8) is 0 Å².